The van der Waals surface area contributed by atoms with Gasteiger partial charge in [0.2, 0.25) is 0 Å². The van der Waals surface area contributed by atoms with Crippen molar-refractivity contribution in [2.45, 2.75) is 51.7 Å². The molecule has 1 aromatic heterocycles. The molecule has 0 bridgehead atoms. The summed E-state index contributed by atoms with van der Waals surface area (Å²) >= 11 is 0. The molecule has 0 aliphatic heterocycles. The van der Waals surface area contributed by atoms with E-state index in [9.17, 15) is 9.90 Å². The number of nitrogens with zero attached hydrogens (tertiary/aromatic N) is 1. The first kappa shape index (κ1) is 21.6. The number of aryl methyl sites for hydroxylation is 2. The maximum Gasteiger partial charge on any atom is 0.307 e. The Kier molecular flexibility index (Phi) is 5.41. The summed E-state index contributed by atoms with van der Waals surface area (Å²) in [5, 5.41) is 22.1. The Morgan fingerprint density at radius 3 is 2.55 bits per heavy atom. The smallest absolute Gasteiger partial charge is 0.307 e. The number of aromatic nitrogens is 1. The largest absolute Gasteiger partial charge is 0.481 e. The van der Waals surface area contributed by atoms with Crippen LogP contribution in [0, 0.1) is 25.6 Å². The normalized spacial score (nSPS) is 21.0. The van der Waals surface area contributed by atoms with Crippen molar-refractivity contribution < 1.29 is 19.4 Å². The Labute approximate surface area is 192 Å². The zero-order valence-electron chi connectivity index (χ0n) is 18.7. The van der Waals surface area contributed by atoms with Crippen LogP contribution in [0.25, 0.3) is 11.1 Å². The number of carboxylic acids is 1. The number of rotatable bonds is 6. The van der Waals surface area contributed by atoms with Gasteiger partial charge in [0.25, 0.3) is 0 Å². The lowest BCUT2D eigenvalue weighted by molar-refractivity contribution is -0.138. The molecule has 0 radical (unpaired) electrons. The van der Waals surface area contributed by atoms with E-state index in [1.807, 2.05) is 44.2 Å². The molecule has 3 atom stereocenters. The molecule has 6 heteroatoms. The number of benzene rings is 2. The number of hydrogen-bond donors (Lipinski definition) is 3. The summed E-state index contributed by atoms with van der Waals surface area (Å²) in [5.74, 6) is -1.32. The third-order valence-corrected chi connectivity index (χ3v) is 6.99. The van der Waals surface area contributed by atoms with Crippen molar-refractivity contribution in [2.75, 3.05) is 5.32 Å². The van der Waals surface area contributed by atoms with Crippen LogP contribution in [-0.4, -0.2) is 21.2 Å². The predicted molar refractivity (Wildman–Crippen MR) is 125 cm³/mol. The lowest BCUT2D eigenvalue weighted by Gasteiger charge is -2.19. The summed E-state index contributed by atoms with van der Waals surface area (Å²) in [7, 11) is 0. The fraction of sp³-hybridized carbons (Fsp3) is 0.333. The van der Waals surface area contributed by atoms with Gasteiger partial charge in [0.05, 0.1) is 30.5 Å². The molecule has 0 amide bonds. The second-order valence-corrected chi connectivity index (χ2v) is 9.24. The minimum absolute atomic E-state index is 0.0000149. The zero-order valence-corrected chi connectivity index (χ0v) is 18.7. The predicted octanol–water partition coefficient (Wildman–Crippen LogP) is 5.28. The first-order chi connectivity index (χ1) is 15.9. The van der Waals surface area contributed by atoms with Crippen molar-refractivity contribution in [3.05, 3.63) is 81.9 Å². The van der Waals surface area contributed by atoms with Gasteiger partial charge in [0, 0.05) is 17.2 Å². The third-order valence-electron chi connectivity index (χ3n) is 6.99. The summed E-state index contributed by atoms with van der Waals surface area (Å²) in [5.41, 5.74) is 8.51. The lowest BCUT2D eigenvalue weighted by Crippen LogP contribution is -2.10. The van der Waals surface area contributed by atoms with E-state index in [0.717, 1.165) is 57.6 Å². The van der Waals surface area contributed by atoms with Crippen LogP contribution in [0.3, 0.4) is 0 Å². The fourth-order valence-electron chi connectivity index (χ4n) is 5.37. The second-order valence-electron chi connectivity index (χ2n) is 9.24. The first-order valence-corrected chi connectivity index (χ1v) is 11.3. The third kappa shape index (κ3) is 3.89. The number of anilines is 1. The monoisotopic (exact) mass is 446 g/mol. The maximum atomic E-state index is 15.0. The Bertz CT molecular complexity index is 1220. The van der Waals surface area contributed by atoms with Gasteiger partial charge in [-0.15, -0.1) is 0 Å². The molecule has 3 aromatic rings. The van der Waals surface area contributed by atoms with Gasteiger partial charge in [0.15, 0.2) is 0 Å². The minimum Gasteiger partial charge on any atom is -0.481 e. The highest BCUT2D eigenvalue weighted by atomic mass is 19.1. The summed E-state index contributed by atoms with van der Waals surface area (Å²) in [6.45, 7) is 4.06. The number of carboxylic acid groups (broad SMARTS) is 1. The number of fused-ring (bicyclic) bond motifs is 1. The van der Waals surface area contributed by atoms with E-state index < -0.39 is 5.97 Å². The molecule has 2 aliphatic carbocycles. The highest BCUT2D eigenvalue weighted by molar-refractivity contribution is 5.77. The van der Waals surface area contributed by atoms with E-state index in [1.54, 1.807) is 12.3 Å². The topological polar surface area (TPSA) is 82.5 Å². The van der Waals surface area contributed by atoms with Gasteiger partial charge in [-0.2, -0.15) is 0 Å². The molecule has 2 aliphatic rings. The van der Waals surface area contributed by atoms with E-state index in [-0.39, 0.29) is 30.3 Å². The second kappa shape index (κ2) is 8.27. The maximum absolute atomic E-state index is 15.0. The van der Waals surface area contributed by atoms with Crippen molar-refractivity contribution >= 4 is 11.7 Å². The SMILES string of the molecule is Cc1cc(CO)cc(C)c1-c1ccc(F)c2c1CC[C@H]2Nc1ccc([C@H]2C[C@@H]2C(=O)O)nc1. The molecule has 1 heterocycles. The molecule has 5 nitrogen and oxygen atoms in total. The average molecular weight is 447 g/mol. The number of aliphatic carboxylic acids is 1. The molecule has 170 valence electrons. The molecular weight excluding hydrogens is 419 g/mol. The lowest BCUT2D eigenvalue weighted by atomic mass is 9.89. The van der Waals surface area contributed by atoms with Crippen molar-refractivity contribution in [2.24, 2.45) is 5.92 Å². The molecule has 1 fully saturated rings. The Balaban J connectivity index is 1.42. The fourth-order valence-corrected chi connectivity index (χ4v) is 5.37. The van der Waals surface area contributed by atoms with Crippen LogP contribution in [0.1, 0.15) is 58.3 Å². The van der Waals surface area contributed by atoms with Crippen molar-refractivity contribution in [3.8, 4) is 11.1 Å². The van der Waals surface area contributed by atoms with Crippen LogP contribution in [0.4, 0.5) is 10.1 Å². The molecular formula is C27H27FN2O3. The van der Waals surface area contributed by atoms with E-state index >= 15 is 4.39 Å². The zero-order chi connectivity index (χ0) is 23.3. The summed E-state index contributed by atoms with van der Waals surface area (Å²) in [4.78, 5) is 15.6. The van der Waals surface area contributed by atoms with Crippen LogP contribution < -0.4 is 5.32 Å². The van der Waals surface area contributed by atoms with Crippen LogP contribution in [0.5, 0.6) is 0 Å². The number of halogens is 1. The molecule has 33 heavy (non-hydrogen) atoms. The average Bonchev–Trinajstić information content (AvgIpc) is 3.49. The van der Waals surface area contributed by atoms with Crippen molar-refractivity contribution in [3.63, 3.8) is 0 Å². The first-order valence-electron chi connectivity index (χ1n) is 11.3. The number of pyridine rings is 1. The Hall–Kier alpha value is -3.25. The van der Waals surface area contributed by atoms with Crippen LogP contribution >= 0.6 is 0 Å². The van der Waals surface area contributed by atoms with Gasteiger partial charge in [-0.05, 0) is 84.7 Å². The van der Waals surface area contributed by atoms with E-state index in [0.29, 0.717) is 12.0 Å². The van der Waals surface area contributed by atoms with Gasteiger partial charge in [0.1, 0.15) is 5.82 Å². The standard InChI is InChI=1S/C27H27FN2O3/c1-14-9-16(13-31)10-15(2)25(14)18-4-6-22(28)26-19(18)5-8-24(26)30-17-3-7-23(29-12-17)20-11-21(20)27(32)33/h3-4,6-7,9-10,12,20-21,24,30-31H,5,8,11,13H2,1-2H3,(H,32,33)/t20-,21-,24+/m0/s1. The van der Waals surface area contributed by atoms with Crippen LogP contribution in [-0.2, 0) is 17.8 Å². The van der Waals surface area contributed by atoms with E-state index in [1.165, 1.54) is 0 Å². The summed E-state index contributed by atoms with van der Waals surface area (Å²) in [6.07, 6.45) is 3.90. The van der Waals surface area contributed by atoms with Gasteiger partial charge in [-0.1, -0.05) is 18.2 Å². The molecule has 5 rings (SSSR count). The van der Waals surface area contributed by atoms with Crippen LogP contribution in [0.2, 0.25) is 0 Å². The van der Waals surface area contributed by atoms with E-state index in [2.05, 4.69) is 10.3 Å². The summed E-state index contributed by atoms with van der Waals surface area (Å²) < 4.78 is 15.0. The Morgan fingerprint density at radius 1 is 1.18 bits per heavy atom. The van der Waals surface area contributed by atoms with E-state index in [4.69, 9.17) is 5.11 Å². The van der Waals surface area contributed by atoms with Gasteiger partial charge < -0.3 is 15.5 Å². The molecule has 0 unspecified atom stereocenters. The van der Waals surface area contributed by atoms with Gasteiger partial charge >= 0.3 is 5.97 Å². The highest BCUT2D eigenvalue weighted by Crippen LogP contribution is 2.47. The molecule has 2 aromatic carbocycles. The number of aliphatic hydroxyl groups excluding tert-OH is 1. The number of nitrogens with one attached hydrogen (secondary N) is 1. The summed E-state index contributed by atoms with van der Waals surface area (Å²) in [6, 6.07) is 11.0. The number of hydrogen-bond acceptors (Lipinski definition) is 4. The molecule has 1 saturated carbocycles. The highest BCUT2D eigenvalue weighted by Gasteiger charge is 2.45. The minimum atomic E-state index is -0.769. The number of carbonyl (C=O) groups is 1. The number of aliphatic hydroxyl groups is 1. The molecule has 3 N–H and O–H groups in total. The van der Waals surface area contributed by atoms with Crippen LogP contribution in [0.15, 0.2) is 42.6 Å². The van der Waals surface area contributed by atoms with Crippen molar-refractivity contribution in [1.29, 1.82) is 0 Å². The Morgan fingerprint density at radius 2 is 1.94 bits per heavy atom. The van der Waals surface area contributed by atoms with Gasteiger partial charge in [-0.25, -0.2) is 4.39 Å². The van der Waals surface area contributed by atoms with Gasteiger partial charge in [-0.3, -0.25) is 9.78 Å². The quantitative estimate of drug-likeness (QED) is 0.480. The molecule has 0 spiro atoms. The molecule has 0 saturated heterocycles. The van der Waals surface area contributed by atoms with Crippen molar-refractivity contribution in [1.82, 2.24) is 4.98 Å².